The van der Waals surface area contributed by atoms with Crippen LogP contribution >= 0.6 is 11.3 Å². The van der Waals surface area contributed by atoms with Gasteiger partial charge in [-0.2, -0.15) is 44.1 Å². The van der Waals surface area contributed by atoms with Crippen molar-refractivity contribution in [1.82, 2.24) is 37.1 Å². The SMILES string of the molecule is CN(C)S(=O)(=O)N=CC=C(N)C(C)(O)c1nc2c(s1)c1cnn(Cc3ccn(S(=O)(=O)N(C)C)n3)c(=O)c1n2C. The zero-order chi connectivity index (χ0) is 29.8. The van der Waals surface area contributed by atoms with Crippen LogP contribution in [0, 0.1) is 0 Å². The van der Waals surface area contributed by atoms with Gasteiger partial charge in [0, 0.05) is 58.7 Å². The predicted molar refractivity (Wildman–Crippen MR) is 150 cm³/mol. The van der Waals surface area contributed by atoms with Crippen molar-refractivity contribution < 1.29 is 21.9 Å². The standard InChI is InChI=1S/C21H28N10O6S3/c1-21(33,15(22)7-9-24-39(34,35)27(2)3)20-25-18-17(38-20)14-11-23-30(19(32)16(14)29(18)6)12-13-8-10-31(26-13)40(36,37)28(4)5/h7-11,33H,12,22H2,1-6H3. The van der Waals surface area contributed by atoms with Crippen LogP contribution in [0.15, 0.2) is 39.4 Å². The Hall–Kier alpha value is -3.49. The van der Waals surface area contributed by atoms with Crippen LogP contribution in [0.3, 0.4) is 0 Å². The third-order valence-electron chi connectivity index (χ3n) is 6.04. The summed E-state index contributed by atoms with van der Waals surface area (Å²) in [4.78, 5) is 17.8. The van der Waals surface area contributed by atoms with Crippen molar-refractivity contribution in [3.05, 3.63) is 51.3 Å². The second-order valence-electron chi connectivity index (χ2n) is 9.28. The molecule has 40 heavy (non-hydrogen) atoms. The summed E-state index contributed by atoms with van der Waals surface area (Å²) in [5, 5.41) is 20.1. The molecule has 4 rings (SSSR count). The lowest BCUT2D eigenvalue weighted by Gasteiger charge is -2.20. The van der Waals surface area contributed by atoms with E-state index in [2.05, 4.69) is 19.6 Å². The number of nitrogens with zero attached hydrogens (tertiary/aromatic N) is 9. The average molecular weight is 613 g/mol. The molecule has 4 heterocycles. The minimum atomic E-state index is -3.85. The minimum Gasteiger partial charge on any atom is -0.399 e. The molecule has 0 spiro atoms. The largest absolute Gasteiger partial charge is 0.399 e. The van der Waals surface area contributed by atoms with Gasteiger partial charge in [0.25, 0.3) is 5.56 Å². The second kappa shape index (κ2) is 10.2. The highest BCUT2D eigenvalue weighted by molar-refractivity contribution is 7.88. The molecule has 0 bridgehead atoms. The topological polar surface area (TPSA) is 204 Å². The van der Waals surface area contributed by atoms with Gasteiger partial charge in [-0.3, -0.25) is 4.79 Å². The first kappa shape index (κ1) is 29.5. The number of aliphatic hydroxyl groups is 1. The Kier molecular flexibility index (Phi) is 7.49. The number of hydrogen-bond acceptors (Lipinski definition) is 11. The van der Waals surface area contributed by atoms with Gasteiger partial charge in [0.2, 0.25) is 0 Å². The van der Waals surface area contributed by atoms with Gasteiger partial charge in [-0.1, -0.05) is 0 Å². The van der Waals surface area contributed by atoms with E-state index in [-0.39, 0.29) is 17.2 Å². The van der Waals surface area contributed by atoms with Crippen LogP contribution in [-0.2, 0) is 39.6 Å². The molecule has 1 atom stereocenters. The smallest absolute Gasteiger partial charge is 0.322 e. The van der Waals surface area contributed by atoms with Gasteiger partial charge in [0.1, 0.15) is 10.5 Å². The second-order valence-corrected chi connectivity index (χ2v) is 14.1. The number of nitrogens with two attached hydrogens (primary N) is 1. The van der Waals surface area contributed by atoms with Crippen LogP contribution < -0.4 is 11.3 Å². The first-order valence-corrected chi connectivity index (χ1v) is 15.1. The zero-order valence-corrected chi connectivity index (χ0v) is 24.9. The van der Waals surface area contributed by atoms with E-state index in [9.17, 15) is 26.7 Å². The minimum absolute atomic E-state index is 0.0661. The van der Waals surface area contributed by atoms with Gasteiger partial charge >= 0.3 is 20.4 Å². The average Bonchev–Trinajstić information content (AvgIpc) is 3.57. The summed E-state index contributed by atoms with van der Waals surface area (Å²) in [5.41, 5.74) is 4.78. The molecule has 4 aromatic heterocycles. The number of aromatic nitrogens is 6. The molecule has 0 radical (unpaired) electrons. The molecule has 0 fully saturated rings. The molecule has 0 saturated carbocycles. The van der Waals surface area contributed by atoms with Gasteiger partial charge in [0.05, 0.1) is 23.1 Å². The Morgan fingerprint density at radius 2 is 1.90 bits per heavy atom. The van der Waals surface area contributed by atoms with E-state index in [1.54, 1.807) is 11.6 Å². The van der Waals surface area contributed by atoms with E-state index in [0.29, 0.717) is 26.9 Å². The number of fused-ring (bicyclic) bond motifs is 3. The molecule has 0 aliphatic carbocycles. The molecule has 0 aromatic carbocycles. The number of rotatable bonds is 9. The zero-order valence-electron chi connectivity index (χ0n) is 22.4. The van der Waals surface area contributed by atoms with Gasteiger partial charge in [-0.15, -0.1) is 11.3 Å². The van der Waals surface area contributed by atoms with E-state index in [1.165, 1.54) is 64.3 Å². The summed E-state index contributed by atoms with van der Waals surface area (Å²) in [6.07, 6.45) is 4.93. The van der Waals surface area contributed by atoms with Gasteiger partial charge in [-0.25, -0.2) is 9.67 Å². The maximum absolute atomic E-state index is 13.3. The Morgan fingerprint density at radius 1 is 1.23 bits per heavy atom. The number of aryl methyl sites for hydroxylation is 1. The summed E-state index contributed by atoms with van der Waals surface area (Å²) in [7, 11) is -0.574. The van der Waals surface area contributed by atoms with Crippen molar-refractivity contribution in [2.75, 3.05) is 28.2 Å². The van der Waals surface area contributed by atoms with Crippen LogP contribution in [0.4, 0.5) is 0 Å². The Morgan fingerprint density at radius 3 is 2.52 bits per heavy atom. The van der Waals surface area contributed by atoms with Crippen molar-refractivity contribution >= 4 is 59.2 Å². The summed E-state index contributed by atoms with van der Waals surface area (Å²) in [6, 6.07) is 1.48. The molecule has 4 aromatic rings. The van der Waals surface area contributed by atoms with Crippen LogP contribution in [0.5, 0.6) is 0 Å². The third-order valence-corrected chi connectivity index (χ3v) is 10.2. The van der Waals surface area contributed by atoms with Crippen LogP contribution in [0.2, 0.25) is 0 Å². The predicted octanol–water partition coefficient (Wildman–Crippen LogP) is -0.829. The van der Waals surface area contributed by atoms with E-state index in [4.69, 9.17) is 5.73 Å². The molecule has 0 amide bonds. The molecule has 216 valence electrons. The fraction of sp³-hybridized carbons (Fsp3) is 0.381. The van der Waals surface area contributed by atoms with E-state index < -0.39 is 31.6 Å². The lowest BCUT2D eigenvalue weighted by atomic mass is 10.0. The molecule has 19 heteroatoms. The molecule has 3 N–H and O–H groups in total. The number of allylic oxidation sites excluding steroid dienone is 1. The van der Waals surface area contributed by atoms with Crippen molar-refractivity contribution in [1.29, 1.82) is 0 Å². The maximum atomic E-state index is 13.3. The van der Waals surface area contributed by atoms with Crippen molar-refractivity contribution in [3.8, 4) is 0 Å². The fourth-order valence-electron chi connectivity index (χ4n) is 3.55. The van der Waals surface area contributed by atoms with Crippen molar-refractivity contribution in [3.63, 3.8) is 0 Å². The highest BCUT2D eigenvalue weighted by atomic mass is 32.2. The molecule has 0 aliphatic rings. The lowest BCUT2D eigenvalue weighted by Crippen LogP contribution is -2.29. The van der Waals surface area contributed by atoms with Crippen LogP contribution in [0.1, 0.15) is 17.6 Å². The van der Waals surface area contributed by atoms with E-state index >= 15 is 0 Å². The fourth-order valence-corrected chi connectivity index (χ4v) is 5.89. The summed E-state index contributed by atoms with van der Waals surface area (Å²) >= 11 is 1.11. The molecule has 1 unspecified atom stereocenters. The van der Waals surface area contributed by atoms with Crippen molar-refractivity contribution in [2.45, 2.75) is 19.1 Å². The van der Waals surface area contributed by atoms with Crippen molar-refractivity contribution in [2.24, 2.45) is 17.2 Å². The quantitative estimate of drug-likeness (QED) is 0.225. The first-order valence-electron chi connectivity index (χ1n) is 11.5. The Labute approximate surface area is 233 Å². The summed E-state index contributed by atoms with van der Waals surface area (Å²) in [6.45, 7) is 1.34. The molecule has 0 aliphatic heterocycles. The van der Waals surface area contributed by atoms with E-state index in [1.807, 2.05) is 0 Å². The molecular weight excluding hydrogens is 584 g/mol. The van der Waals surface area contributed by atoms with Gasteiger partial charge in [-0.05, 0) is 19.1 Å². The van der Waals surface area contributed by atoms with Crippen LogP contribution in [0.25, 0.3) is 21.3 Å². The first-order chi connectivity index (χ1) is 18.5. The Balaban J connectivity index is 1.69. The third kappa shape index (κ3) is 5.06. The van der Waals surface area contributed by atoms with Crippen LogP contribution in [-0.4, -0.2) is 93.5 Å². The monoisotopic (exact) mass is 612 g/mol. The maximum Gasteiger partial charge on any atom is 0.322 e. The molecule has 16 nitrogen and oxygen atoms in total. The molecular formula is C21H28N10O6S3. The molecule has 0 saturated heterocycles. The summed E-state index contributed by atoms with van der Waals surface area (Å²) in [5.74, 6) is 0. The van der Waals surface area contributed by atoms with Gasteiger partial charge in [0.15, 0.2) is 11.2 Å². The van der Waals surface area contributed by atoms with E-state index in [0.717, 1.165) is 30.2 Å². The normalized spacial score (nSPS) is 15.3. The lowest BCUT2D eigenvalue weighted by molar-refractivity contribution is 0.0958. The number of hydrogen-bond donors (Lipinski definition) is 2. The highest BCUT2D eigenvalue weighted by Crippen LogP contribution is 2.37. The van der Waals surface area contributed by atoms with Gasteiger partial charge < -0.3 is 15.4 Å². The number of thiazole rings is 1. The highest BCUT2D eigenvalue weighted by Gasteiger charge is 2.32. The summed E-state index contributed by atoms with van der Waals surface area (Å²) < 4.78 is 57.7. The Bertz CT molecular complexity index is 1940.